The molecule has 0 aliphatic heterocycles. The highest BCUT2D eigenvalue weighted by Crippen LogP contribution is 2.18. The summed E-state index contributed by atoms with van der Waals surface area (Å²) in [7, 11) is 0. The van der Waals surface area contributed by atoms with E-state index in [1.54, 1.807) is 0 Å². The molecular weight excluding hydrogens is 236 g/mol. The average Bonchev–Trinajstić information content (AvgIpc) is 2.87. The van der Waals surface area contributed by atoms with Crippen LogP contribution in [0.4, 0.5) is 5.95 Å². The SMILES string of the molecule is CCNc1nccn1Cc1cccc2cccnc12. The van der Waals surface area contributed by atoms with Crippen LogP contribution in [0.25, 0.3) is 10.9 Å². The molecule has 1 aromatic carbocycles. The number of imidazole rings is 1. The molecule has 0 bridgehead atoms. The number of rotatable bonds is 4. The van der Waals surface area contributed by atoms with E-state index < -0.39 is 0 Å². The van der Waals surface area contributed by atoms with Crippen LogP contribution in [-0.2, 0) is 6.54 Å². The molecule has 2 aromatic heterocycles. The first-order chi connectivity index (χ1) is 9.38. The molecule has 96 valence electrons. The number of pyridine rings is 1. The van der Waals surface area contributed by atoms with Crippen LogP contribution in [0.15, 0.2) is 48.9 Å². The summed E-state index contributed by atoms with van der Waals surface area (Å²) in [5.74, 6) is 0.899. The lowest BCUT2D eigenvalue weighted by molar-refractivity contribution is 0.803. The molecule has 0 spiro atoms. The van der Waals surface area contributed by atoms with Gasteiger partial charge in [0.05, 0.1) is 12.1 Å². The Labute approximate surface area is 112 Å². The fourth-order valence-electron chi connectivity index (χ4n) is 2.24. The third-order valence-electron chi connectivity index (χ3n) is 3.11. The van der Waals surface area contributed by atoms with Gasteiger partial charge in [-0.2, -0.15) is 0 Å². The molecule has 4 nitrogen and oxygen atoms in total. The first kappa shape index (κ1) is 11.7. The van der Waals surface area contributed by atoms with E-state index >= 15 is 0 Å². The largest absolute Gasteiger partial charge is 0.356 e. The number of nitrogens with zero attached hydrogens (tertiary/aromatic N) is 3. The maximum absolute atomic E-state index is 4.48. The van der Waals surface area contributed by atoms with Crippen LogP contribution < -0.4 is 5.32 Å². The number of nitrogens with one attached hydrogen (secondary N) is 1. The Kier molecular flexibility index (Phi) is 3.14. The summed E-state index contributed by atoms with van der Waals surface area (Å²) >= 11 is 0. The Hall–Kier alpha value is -2.36. The summed E-state index contributed by atoms with van der Waals surface area (Å²) in [6.07, 6.45) is 5.64. The van der Waals surface area contributed by atoms with Gasteiger partial charge in [-0.05, 0) is 18.6 Å². The van der Waals surface area contributed by atoms with Gasteiger partial charge in [0.1, 0.15) is 0 Å². The Morgan fingerprint density at radius 3 is 2.89 bits per heavy atom. The maximum atomic E-state index is 4.48. The van der Waals surface area contributed by atoms with Crippen LogP contribution in [0.3, 0.4) is 0 Å². The van der Waals surface area contributed by atoms with Gasteiger partial charge < -0.3 is 9.88 Å². The van der Waals surface area contributed by atoms with E-state index in [9.17, 15) is 0 Å². The minimum atomic E-state index is 0.774. The molecule has 2 heterocycles. The first-order valence-electron chi connectivity index (χ1n) is 6.46. The lowest BCUT2D eigenvalue weighted by Gasteiger charge is -2.10. The first-order valence-corrected chi connectivity index (χ1v) is 6.46. The van der Waals surface area contributed by atoms with Gasteiger partial charge in [-0.25, -0.2) is 4.98 Å². The third kappa shape index (κ3) is 2.29. The molecule has 3 aromatic rings. The second-order valence-corrected chi connectivity index (χ2v) is 4.40. The Balaban J connectivity index is 1.99. The molecule has 0 aliphatic carbocycles. The van der Waals surface area contributed by atoms with Crippen molar-refractivity contribution in [2.75, 3.05) is 11.9 Å². The van der Waals surface area contributed by atoms with E-state index in [4.69, 9.17) is 0 Å². The molecule has 19 heavy (non-hydrogen) atoms. The summed E-state index contributed by atoms with van der Waals surface area (Å²) in [6.45, 7) is 3.71. The molecule has 0 unspecified atom stereocenters. The van der Waals surface area contributed by atoms with Gasteiger partial charge >= 0.3 is 0 Å². The highest BCUT2D eigenvalue weighted by Gasteiger charge is 2.05. The zero-order valence-corrected chi connectivity index (χ0v) is 10.9. The minimum absolute atomic E-state index is 0.774. The van der Waals surface area contributed by atoms with E-state index in [0.717, 1.165) is 24.6 Å². The van der Waals surface area contributed by atoms with Crippen LogP contribution in [0.2, 0.25) is 0 Å². The fourth-order valence-corrected chi connectivity index (χ4v) is 2.24. The molecule has 4 heteroatoms. The van der Waals surface area contributed by atoms with E-state index in [-0.39, 0.29) is 0 Å². The maximum Gasteiger partial charge on any atom is 0.203 e. The summed E-state index contributed by atoms with van der Waals surface area (Å²) in [5, 5.41) is 4.43. The van der Waals surface area contributed by atoms with Gasteiger partial charge in [-0.15, -0.1) is 0 Å². The van der Waals surface area contributed by atoms with Crippen molar-refractivity contribution in [1.29, 1.82) is 0 Å². The lowest BCUT2D eigenvalue weighted by atomic mass is 10.1. The van der Waals surface area contributed by atoms with Crippen molar-refractivity contribution in [2.45, 2.75) is 13.5 Å². The molecule has 0 aliphatic rings. The van der Waals surface area contributed by atoms with Crippen molar-refractivity contribution in [1.82, 2.24) is 14.5 Å². The quantitative estimate of drug-likeness (QED) is 0.776. The Morgan fingerprint density at radius 2 is 2.00 bits per heavy atom. The van der Waals surface area contributed by atoms with Crippen LogP contribution >= 0.6 is 0 Å². The normalized spacial score (nSPS) is 10.8. The molecule has 0 saturated heterocycles. The van der Waals surface area contributed by atoms with Gasteiger partial charge in [-0.1, -0.05) is 24.3 Å². The van der Waals surface area contributed by atoms with E-state index in [1.165, 1.54) is 10.9 Å². The summed E-state index contributed by atoms with van der Waals surface area (Å²) < 4.78 is 2.10. The number of fused-ring (bicyclic) bond motifs is 1. The lowest BCUT2D eigenvalue weighted by Crippen LogP contribution is -2.07. The Bertz CT molecular complexity index is 682. The zero-order chi connectivity index (χ0) is 13.1. The molecule has 0 atom stereocenters. The van der Waals surface area contributed by atoms with Crippen molar-refractivity contribution in [3.05, 3.63) is 54.5 Å². The summed E-state index contributed by atoms with van der Waals surface area (Å²) in [5.41, 5.74) is 2.26. The average molecular weight is 252 g/mol. The monoisotopic (exact) mass is 252 g/mol. The highest BCUT2D eigenvalue weighted by molar-refractivity contribution is 5.81. The number of benzene rings is 1. The van der Waals surface area contributed by atoms with Gasteiger partial charge in [0.2, 0.25) is 5.95 Å². The molecule has 0 radical (unpaired) electrons. The molecular formula is C15H16N4. The summed E-state index contributed by atoms with van der Waals surface area (Å²) in [4.78, 5) is 8.80. The van der Waals surface area contributed by atoms with Crippen molar-refractivity contribution < 1.29 is 0 Å². The van der Waals surface area contributed by atoms with Gasteiger partial charge in [0.15, 0.2) is 0 Å². The van der Waals surface area contributed by atoms with Gasteiger partial charge in [0, 0.05) is 30.5 Å². The molecule has 1 N–H and O–H groups in total. The molecule has 0 fully saturated rings. The molecule has 0 saturated carbocycles. The molecule has 0 amide bonds. The predicted octanol–water partition coefficient (Wildman–Crippen LogP) is 2.91. The number of anilines is 1. The highest BCUT2D eigenvalue weighted by atomic mass is 15.2. The van der Waals surface area contributed by atoms with Crippen LogP contribution in [-0.4, -0.2) is 21.1 Å². The second-order valence-electron chi connectivity index (χ2n) is 4.40. The van der Waals surface area contributed by atoms with Crippen molar-refractivity contribution in [2.24, 2.45) is 0 Å². The van der Waals surface area contributed by atoms with Gasteiger partial charge in [-0.3, -0.25) is 4.98 Å². The van der Waals surface area contributed by atoms with Gasteiger partial charge in [0.25, 0.3) is 0 Å². The van der Waals surface area contributed by atoms with Crippen molar-refractivity contribution in [3.63, 3.8) is 0 Å². The number of para-hydroxylation sites is 1. The predicted molar refractivity (Wildman–Crippen MR) is 77.2 cm³/mol. The smallest absolute Gasteiger partial charge is 0.203 e. The van der Waals surface area contributed by atoms with E-state index in [1.807, 2.05) is 24.7 Å². The standard InChI is InChI=1S/C15H16N4/c1-2-16-15-18-9-10-19(15)11-13-6-3-5-12-7-4-8-17-14(12)13/h3-10H,2,11H2,1H3,(H,16,18). The summed E-state index contributed by atoms with van der Waals surface area (Å²) in [6, 6.07) is 10.3. The topological polar surface area (TPSA) is 42.7 Å². The fraction of sp³-hybridized carbons (Fsp3) is 0.200. The van der Waals surface area contributed by atoms with Crippen LogP contribution in [0.1, 0.15) is 12.5 Å². The number of hydrogen-bond acceptors (Lipinski definition) is 3. The van der Waals surface area contributed by atoms with Crippen molar-refractivity contribution >= 4 is 16.9 Å². The van der Waals surface area contributed by atoms with E-state index in [2.05, 4.69) is 51.0 Å². The van der Waals surface area contributed by atoms with E-state index in [0.29, 0.717) is 0 Å². The minimum Gasteiger partial charge on any atom is -0.356 e. The Morgan fingerprint density at radius 1 is 1.11 bits per heavy atom. The van der Waals surface area contributed by atoms with Crippen molar-refractivity contribution in [3.8, 4) is 0 Å². The number of hydrogen-bond donors (Lipinski definition) is 1. The number of aromatic nitrogens is 3. The second kappa shape index (κ2) is 5.10. The zero-order valence-electron chi connectivity index (χ0n) is 10.9. The van der Waals surface area contributed by atoms with Crippen LogP contribution in [0, 0.1) is 0 Å². The van der Waals surface area contributed by atoms with Crippen LogP contribution in [0.5, 0.6) is 0 Å². The third-order valence-corrected chi connectivity index (χ3v) is 3.11. The molecule has 3 rings (SSSR count).